The first-order chi connectivity index (χ1) is 17.4. The van der Waals surface area contributed by atoms with Crippen LogP contribution in [0.4, 0.5) is 0 Å². The van der Waals surface area contributed by atoms with Crippen LogP contribution < -0.4 is 10.0 Å². The Morgan fingerprint density at radius 2 is 1.56 bits per heavy atom. The van der Waals surface area contributed by atoms with Gasteiger partial charge in [-0.1, -0.05) is 60.7 Å². The van der Waals surface area contributed by atoms with Crippen molar-refractivity contribution in [1.82, 2.24) is 15.0 Å². The van der Waals surface area contributed by atoms with Crippen LogP contribution in [0, 0.1) is 5.92 Å². The molecule has 1 aliphatic carbocycles. The van der Waals surface area contributed by atoms with Gasteiger partial charge in [0.15, 0.2) is 0 Å². The lowest BCUT2D eigenvalue weighted by Gasteiger charge is -2.29. The summed E-state index contributed by atoms with van der Waals surface area (Å²) in [7, 11) is -3.66. The first-order valence-electron chi connectivity index (χ1n) is 12.4. The maximum absolute atomic E-state index is 13.1. The predicted octanol–water partition coefficient (Wildman–Crippen LogP) is 5.55. The fourth-order valence-electron chi connectivity index (χ4n) is 4.97. The first kappa shape index (κ1) is 24.3. The van der Waals surface area contributed by atoms with Crippen LogP contribution in [0.3, 0.4) is 0 Å². The largest absolute Gasteiger partial charge is 0.355 e. The van der Waals surface area contributed by atoms with E-state index in [1.807, 2.05) is 79.7 Å². The Labute approximate surface area is 212 Å². The van der Waals surface area contributed by atoms with Crippen molar-refractivity contribution in [3.8, 4) is 11.3 Å². The van der Waals surface area contributed by atoms with Crippen LogP contribution in [0.15, 0.2) is 89.8 Å². The zero-order valence-electron chi connectivity index (χ0n) is 20.3. The molecule has 4 aromatic rings. The molecule has 3 aromatic carbocycles. The maximum atomic E-state index is 13.1. The Morgan fingerprint density at radius 3 is 2.25 bits per heavy atom. The molecule has 6 nitrogen and oxygen atoms in total. The Kier molecular flexibility index (Phi) is 6.94. The highest BCUT2D eigenvalue weighted by Crippen LogP contribution is 2.29. The number of amides is 1. The molecule has 0 unspecified atom stereocenters. The van der Waals surface area contributed by atoms with E-state index < -0.39 is 10.0 Å². The number of H-pyrrole nitrogens is 1. The zero-order valence-corrected chi connectivity index (χ0v) is 21.1. The van der Waals surface area contributed by atoms with Crippen molar-refractivity contribution in [2.24, 2.45) is 5.92 Å². The quantitative estimate of drug-likeness (QED) is 0.310. The summed E-state index contributed by atoms with van der Waals surface area (Å²) < 4.78 is 29.1. The third kappa shape index (κ3) is 5.37. The van der Waals surface area contributed by atoms with Gasteiger partial charge in [-0.3, -0.25) is 4.79 Å². The van der Waals surface area contributed by atoms with Crippen molar-refractivity contribution in [3.05, 3.63) is 90.5 Å². The number of benzene rings is 3. The van der Waals surface area contributed by atoms with Crippen LogP contribution in [0.2, 0.25) is 0 Å². The molecule has 1 atom stereocenters. The van der Waals surface area contributed by atoms with E-state index in [1.165, 1.54) is 0 Å². The second kappa shape index (κ2) is 10.3. The van der Waals surface area contributed by atoms with E-state index in [4.69, 9.17) is 0 Å². The monoisotopic (exact) mass is 501 g/mol. The van der Waals surface area contributed by atoms with Gasteiger partial charge in [-0.2, -0.15) is 0 Å². The predicted molar refractivity (Wildman–Crippen MR) is 143 cm³/mol. The number of nitrogens with one attached hydrogen (secondary N) is 3. The lowest BCUT2D eigenvalue weighted by atomic mass is 9.85. The lowest BCUT2D eigenvalue weighted by molar-refractivity contribution is -0.126. The minimum absolute atomic E-state index is 0.0415. The molecule has 0 spiro atoms. The summed E-state index contributed by atoms with van der Waals surface area (Å²) in [4.78, 5) is 16.4. The van der Waals surface area contributed by atoms with E-state index in [-0.39, 0.29) is 28.8 Å². The summed E-state index contributed by atoms with van der Waals surface area (Å²) in [5.41, 5.74) is 3.97. The van der Waals surface area contributed by atoms with Crippen LogP contribution >= 0.6 is 0 Å². The van der Waals surface area contributed by atoms with Gasteiger partial charge in [-0.25, -0.2) is 13.1 Å². The molecule has 0 aliphatic heterocycles. The van der Waals surface area contributed by atoms with Crippen molar-refractivity contribution in [1.29, 1.82) is 0 Å². The minimum Gasteiger partial charge on any atom is -0.355 e. The highest BCUT2D eigenvalue weighted by atomic mass is 32.2. The van der Waals surface area contributed by atoms with Gasteiger partial charge in [-0.05, 0) is 68.0 Å². The number of rotatable bonds is 7. The van der Waals surface area contributed by atoms with Gasteiger partial charge in [0.05, 0.1) is 10.9 Å². The van der Waals surface area contributed by atoms with Crippen LogP contribution in [0.1, 0.15) is 44.2 Å². The molecule has 5 rings (SSSR count). The van der Waals surface area contributed by atoms with Crippen molar-refractivity contribution < 1.29 is 13.2 Å². The van der Waals surface area contributed by atoms with E-state index in [0.29, 0.717) is 25.7 Å². The van der Waals surface area contributed by atoms with Crippen LogP contribution in [-0.2, 0) is 14.8 Å². The molecule has 1 saturated carbocycles. The molecule has 7 heteroatoms. The van der Waals surface area contributed by atoms with Gasteiger partial charge < -0.3 is 10.3 Å². The van der Waals surface area contributed by atoms with Gasteiger partial charge in [0, 0.05) is 28.6 Å². The van der Waals surface area contributed by atoms with Gasteiger partial charge in [0.2, 0.25) is 15.9 Å². The number of carbonyl (C=O) groups is 1. The van der Waals surface area contributed by atoms with Crippen molar-refractivity contribution in [3.63, 3.8) is 0 Å². The number of aromatic nitrogens is 1. The van der Waals surface area contributed by atoms with Crippen LogP contribution in [-0.4, -0.2) is 25.4 Å². The molecule has 1 aromatic heterocycles. The standard InChI is InChI=1S/C29H31N3O3S/c1-20(21-8-4-2-5-9-21)30-29(33)23-12-14-25(15-13-23)32-36(34,35)26-16-17-27-24(18-26)19-28(31-27)22-10-6-3-7-11-22/h2-11,16-20,23,25,31-32H,12-15H2,1H3,(H,30,33)/t20-,23-,25-/m1/s1. The fourth-order valence-corrected chi connectivity index (χ4v) is 6.31. The third-order valence-electron chi connectivity index (χ3n) is 7.07. The second-order valence-electron chi connectivity index (χ2n) is 9.61. The summed E-state index contributed by atoms with van der Waals surface area (Å²) in [6, 6.07) is 26.8. The Balaban J connectivity index is 1.20. The Hall–Kier alpha value is -3.42. The smallest absolute Gasteiger partial charge is 0.240 e. The SMILES string of the molecule is C[C@@H](NC(=O)[C@H]1CC[C@H](NS(=O)(=O)c2ccc3[nH]c(-c4ccccc4)cc3c2)CC1)c1ccccc1. The average Bonchev–Trinajstić information content (AvgIpc) is 3.33. The molecule has 1 aliphatic rings. The first-order valence-corrected chi connectivity index (χ1v) is 13.9. The average molecular weight is 502 g/mol. The number of fused-ring (bicyclic) bond motifs is 1. The van der Waals surface area contributed by atoms with E-state index in [9.17, 15) is 13.2 Å². The van der Waals surface area contributed by atoms with E-state index >= 15 is 0 Å². The number of carbonyl (C=O) groups excluding carboxylic acids is 1. The molecule has 0 saturated heterocycles. The number of sulfonamides is 1. The molecule has 1 heterocycles. The van der Waals surface area contributed by atoms with Crippen molar-refractivity contribution in [2.45, 2.75) is 49.6 Å². The highest BCUT2D eigenvalue weighted by molar-refractivity contribution is 7.89. The van der Waals surface area contributed by atoms with Crippen LogP contribution in [0.5, 0.6) is 0 Å². The molecule has 3 N–H and O–H groups in total. The topological polar surface area (TPSA) is 91.1 Å². The summed E-state index contributed by atoms with van der Waals surface area (Å²) in [5.74, 6) is -0.0516. The minimum atomic E-state index is -3.66. The molecule has 0 radical (unpaired) electrons. The summed E-state index contributed by atoms with van der Waals surface area (Å²) >= 11 is 0. The Bertz CT molecular complexity index is 1440. The second-order valence-corrected chi connectivity index (χ2v) is 11.3. The zero-order chi connectivity index (χ0) is 25.1. The van der Waals surface area contributed by atoms with Gasteiger partial charge in [0.25, 0.3) is 0 Å². The highest BCUT2D eigenvalue weighted by Gasteiger charge is 2.30. The van der Waals surface area contributed by atoms with Gasteiger partial charge in [0.1, 0.15) is 0 Å². The number of hydrogen-bond acceptors (Lipinski definition) is 3. The maximum Gasteiger partial charge on any atom is 0.240 e. The molecule has 1 amide bonds. The molecule has 1 fully saturated rings. The molecule has 0 bridgehead atoms. The fraction of sp³-hybridized carbons (Fsp3) is 0.276. The van der Waals surface area contributed by atoms with Crippen molar-refractivity contribution in [2.75, 3.05) is 0 Å². The van der Waals surface area contributed by atoms with E-state index in [1.54, 1.807) is 12.1 Å². The molecule has 186 valence electrons. The number of aromatic amines is 1. The van der Waals surface area contributed by atoms with E-state index in [0.717, 1.165) is 27.7 Å². The molecule has 36 heavy (non-hydrogen) atoms. The normalized spacial score (nSPS) is 19.1. The van der Waals surface area contributed by atoms with Crippen molar-refractivity contribution >= 4 is 26.8 Å². The van der Waals surface area contributed by atoms with Gasteiger partial charge in [-0.15, -0.1) is 0 Å². The molecular weight excluding hydrogens is 470 g/mol. The lowest BCUT2D eigenvalue weighted by Crippen LogP contribution is -2.41. The number of hydrogen-bond donors (Lipinski definition) is 3. The third-order valence-corrected chi connectivity index (χ3v) is 8.58. The summed E-state index contributed by atoms with van der Waals surface area (Å²) in [6.07, 6.45) is 2.61. The summed E-state index contributed by atoms with van der Waals surface area (Å²) in [6.45, 7) is 1.98. The van der Waals surface area contributed by atoms with Gasteiger partial charge >= 0.3 is 0 Å². The van der Waals surface area contributed by atoms with Crippen LogP contribution in [0.25, 0.3) is 22.2 Å². The Morgan fingerprint density at radius 1 is 0.889 bits per heavy atom. The molecular formula is C29H31N3O3S. The summed E-state index contributed by atoms with van der Waals surface area (Å²) in [5, 5.41) is 3.96. The van der Waals surface area contributed by atoms with E-state index in [2.05, 4.69) is 15.0 Å².